The molecule has 0 aliphatic heterocycles. The van der Waals surface area contributed by atoms with Gasteiger partial charge >= 0.3 is 0 Å². The van der Waals surface area contributed by atoms with E-state index in [0.717, 1.165) is 11.3 Å². The van der Waals surface area contributed by atoms with Crippen molar-refractivity contribution >= 4 is 22.3 Å². The van der Waals surface area contributed by atoms with Gasteiger partial charge in [0.15, 0.2) is 5.82 Å². The van der Waals surface area contributed by atoms with E-state index in [9.17, 15) is 8.60 Å². The molecule has 0 saturated heterocycles. The number of hydrogen-bond acceptors (Lipinski definition) is 2. The number of halogens is 1. The second kappa shape index (κ2) is 3.42. The molecule has 5 heteroatoms. The lowest BCUT2D eigenvalue weighted by molar-refractivity contribution is 0.606. The Morgan fingerprint density at radius 3 is 2.73 bits per heavy atom. The topological polar surface area (TPSA) is 43.1 Å². The molecule has 0 aromatic carbocycles. The maximum Gasteiger partial charge on any atom is 0.151 e. The molecule has 2 N–H and O–H groups in total. The number of hydrogen-bond donors (Lipinski definition) is 1. The van der Waals surface area contributed by atoms with Crippen molar-refractivity contribution in [2.24, 2.45) is 5.14 Å². The molecule has 0 aliphatic carbocycles. The van der Waals surface area contributed by atoms with Crippen LogP contribution in [0.4, 0.5) is 4.39 Å². The van der Waals surface area contributed by atoms with Crippen LogP contribution in [0.15, 0.2) is 10.3 Å². The Balaban J connectivity index is 3.07. The normalized spacial score (nSPS) is 13.4. The second-order valence-corrected chi connectivity index (χ2v) is 4.40. The third kappa shape index (κ3) is 1.85. The van der Waals surface area contributed by atoms with Crippen molar-refractivity contribution in [1.82, 2.24) is 0 Å². The fourth-order valence-corrected chi connectivity index (χ4v) is 2.31. The molecule has 1 aromatic heterocycles. The number of nitrogens with two attached hydrogens (primary N) is 1. The first-order chi connectivity index (χ1) is 5.15. The summed E-state index contributed by atoms with van der Waals surface area (Å²) in [7, 11) is -1.68. The average Bonchev–Trinajstić information content (AvgIpc) is 2.30. The maximum atomic E-state index is 12.8. The zero-order chi connectivity index (χ0) is 8.43. The van der Waals surface area contributed by atoms with Gasteiger partial charge in [0.05, 0.1) is 0 Å². The molecule has 11 heavy (non-hydrogen) atoms. The monoisotopic (exact) mass is 193 g/mol. The molecule has 1 unspecified atom stereocenters. The van der Waals surface area contributed by atoms with Crippen molar-refractivity contribution in [1.29, 1.82) is 0 Å². The van der Waals surface area contributed by atoms with Crippen molar-refractivity contribution in [3.63, 3.8) is 0 Å². The van der Waals surface area contributed by atoms with Crippen molar-refractivity contribution < 1.29 is 8.60 Å². The molecule has 1 rings (SSSR count). The van der Waals surface area contributed by atoms with E-state index in [2.05, 4.69) is 0 Å². The molecule has 1 aromatic rings. The summed E-state index contributed by atoms with van der Waals surface area (Å²) < 4.78 is 23.6. The van der Waals surface area contributed by atoms with Crippen LogP contribution < -0.4 is 5.14 Å². The van der Waals surface area contributed by atoms with Gasteiger partial charge in [-0.2, -0.15) is 0 Å². The van der Waals surface area contributed by atoms with Gasteiger partial charge in [0.25, 0.3) is 0 Å². The molecule has 2 nitrogen and oxygen atoms in total. The Kier molecular flexibility index (Phi) is 2.75. The molecule has 0 aliphatic rings. The van der Waals surface area contributed by atoms with Crippen LogP contribution >= 0.6 is 11.3 Å². The Bertz CT molecular complexity index is 284. The first kappa shape index (κ1) is 8.83. The van der Waals surface area contributed by atoms with Crippen LogP contribution in [0.1, 0.15) is 11.8 Å². The van der Waals surface area contributed by atoms with Gasteiger partial charge < -0.3 is 0 Å². The third-order valence-electron chi connectivity index (χ3n) is 1.24. The summed E-state index contributed by atoms with van der Waals surface area (Å²) in [5.41, 5.74) is 0. The molecule has 0 radical (unpaired) electrons. The third-order valence-corrected chi connectivity index (χ3v) is 3.59. The number of thiophene rings is 1. The summed E-state index contributed by atoms with van der Waals surface area (Å²) in [5, 5.41) is 5.03. The first-order valence-electron chi connectivity index (χ1n) is 3.09. The van der Waals surface area contributed by atoms with Gasteiger partial charge in [-0.25, -0.2) is 13.7 Å². The Morgan fingerprint density at radius 1 is 1.82 bits per heavy atom. The van der Waals surface area contributed by atoms with E-state index in [1.54, 1.807) is 0 Å². The van der Waals surface area contributed by atoms with Crippen LogP contribution in [0.3, 0.4) is 0 Å². The van der Waals surface area contributed by atoms with Gasteiger partial charge in [-0.05, 0) is 12.5 Å². The minimum atomic E-state index is -1.68. The highest BCUT2D eigenvalue weighted by molar-refractivity contribution is 7.85. The summed E-state index contributed by atoms with van der Waals surface area (Å²) in [4.78, 5) is 0.872. The molecule has 0 fully saturated rings. The number of rotatable bonds is 2. The Morgan fingerprint density at radius 2 is 2.45 bits per heavy atom. The van der Waals surface area contributed by atoms with E-state index in [1.165, 1.54) is 17.4 Å². The highest BCUT2D eigenvalue weighted by atomic mass is 32.2. The first-order valence-corrected chi connectivity index (χ1v) is 5.12. The predicted octanol–water partition coefficient (Wildman–Crippen LogP) is 1.43. The van der Waals surface area contributed by atoms with Crippen LogP contribution in [-0.2, 0) is 17.4 Å². The average molecular weight is 193 g/mol. The van der Waals surface area contributed by atoms with Crippen LogP contribution in [0.5, 0.6) is 0 Å². The highest BCUT2D eigenvalue weighted by Gasteiger charge is 2.10. The van der Waals surface area contributed by atoms with Gasteiger partial charge in [0.1, 0.15) is 15.2 Å². The maximum absolute atomic E-state index is 12.8. The van der Waals surface area contributed by atoms with Gasteiger partial charge in [0, 0.05) is 4.88 Å². The Hall–Kier alpha value is -0.260. The molecule has 0 bridgehead atoms. The van der Waals surface area contributed by atoms with E-state index in [-0.39, 0.29) is 4.21 Å². The van der Waals surface area contributed by atoms with E-state index >= 15 is 0 Å². The summed E-state index contributed by atoms with van der Waals surface area (Å²) in [6, 6.07) is 1.38. The summed E-state index contributed by atoms with van der Waals surface area (Å²) >= 11 is 1.17. The van der Waals surface area contributed by atoms with E-state index < -0.39 is 16.8 Å². The van der Waals surface area contributed by atoms with Crippen LogP contribution in [-0.4, -0.2) is 4.21 Å². The largest absolute Gasteiger partial charge is 0.247 e. The molecular formula is C6H8FNOS2. The summed E-state index contributed by atoms with van der Waals surface area (Å²) in [6.07, 6.45) is 0.749. The van der Waals surface area contributed by atoms with Gasteiger partial charge in [-0.15, -0.1) is 11.3 Å². The van der Waals surface area contributed by atoms with Crippen molar-refractivity contribution in [3.8, 4) is 0 Å². The fourth-order valence-electron chi connectivity index (χ4n) is 0.709. The van der Waals surface area contributed by atoms with Crippen LogP contribution in [0, 0.1) is 5.82 Å². The smallest absolute Gasteiger partial charge is 0.151 e. The van der Waals surface area contributed by atoms with Crippen molar-refractivity contribution in [2.75, 3.05) is 0 Å². The highest BCUT2D eigenvalue weighted by Crippen LogP contribution is 2.23. The quantitative estimate of drug-likeness (QED) is 0.758. The second-order valence-electron chi connectivity index (χ2n) is 2.00. The minimum Gasteiger partial charge on any atom is -0.247 e. The van der Waals surface area contributed by atoms with Crippen molar-refractivity contribution in [3.05, 3.63) is 16.8 Å². The van der Waals surface area contributed by atoms with Gasteiger partial charge in [0.2, 0.25) is 0 Å². The molecule has 0 saturated carbocycles. The lowest BCUT2D eigenvalue weighted by Gasteiger charge is -1.86. The SMILES string of the molecule is CCc1cc(F)c(S(N)=O)s1. The van der Waals surface area contributed by atoms with Crippen LogP contribution in [0.25, 0.3) is 0 Å². The van der Waals surface area contributed by atoms with Crippen molar-refractivity contribution in [2.45, 2.75) is 17.6 Å². The fraction of sp³-hybridized carbons (Fsp3) is 0.333. The molecular weight excluding hydrogens is 185 g/mol. The van der Waals surface area contributed by atoms with E-state index in [0.29, 0.717) is 0 Å². The molecule has 1 heterocycles. The lowest BCUT2D eigenvalue weighted by atomic mass is 10.4. The minimum absolute atomic E-state index is 0.141. The summed E-state index contributed by atoms with van der Waals surface area (Å²) in [5.74, 6) is -0.451. The zero-order valence-corrected chi connectivity index (χ0v) is 7.60. The molecule has 0 amide bonds. The Labute approximate surface area is 70.8 Å². The molecule has 62 valence electrons. The van der Waals surface area contributed by atoms with E-state index in [1.807, 2.05) is 6.92 Å². The van der Waals surface area contributed by atoms with Gasteiger partial charge in [-0.1, -0.05) is 6.92 Å². The van der Waals surface area contributed by atoms with Gasteiger partial charge in [-0.3, -0.25) is 0 Å². The van der Waals surface area contributed by atoms with Crippen LogP contribution in [0.2, 0.25) is 0 Å². The predicted molar refractivity (Wildman–Crippen MR) is 44.3 cm³/mol. The lowest BCUT2D eigenvalue weighted by Crippen LogP contribution is -2.01. The summed E-state index contributed by atoms with van der Waals surface area (Å²) in [6.45, 7) is 1.91. The number of aryl methyl sites for hydroxylation is 1. The van der Waals surface area contributed by atoms with E-state index in [4.69, 9.17) is 5.14 Å². The standard InChI is InChI=1S/C6H8FNOS2/c1-2-4-3-5(7)6(10-4)11(8)9/h3H,2,8H2,1H3. The molecule has 1 atom stereocenters. The molecule has 0 spiro atoms. The zero-order valence-electron chi connectivity index (χ0n) is 5.96.